The van der Waals surface area contributed by atoms with E-state index in [4.69, 9.17) is 5.11 Å². The Balaban J connectivity index is 2.65. The Labute approximate surface area is 80.8 Å². The molecule has 0 aliphatic carbocycles. The van der Waals surface area contributed by atoms with Crippen LogP contribution in [-0.2, 0) is 0 Å². The largest absolute Gasteiger partial charge is 0.392 e. The van der Waals surface area contributed by atoms with Crippen molar-refractivity contribution in [2.75, 3.05) is 6.54 Å². The SMILES string of the molecule is CC(O)CNC(=O)c1ncccc1F. The van der Waals surface area contributed by atoms with Crippen LogP contribution in [0.2, 0.25) is 0 Å². The molecule has 1 atom stereocenters. The van der Waals surface area contributed by atoms with Crippen molar-refractivity contribution in [3.05, 3.63) is 29.8 Å². The van der Waals surface area contributed by atoms with Gasteiger partial charge in [0.1, 0.15) is 0 Å². The molecule has 0 aromatic carbocycles. The molecule has 0 radical (unpaired) electrons. The fourth-order valence-corrected chi connectivity index (χ4v) is 0.877. The molecule has 5 heteroatoms. The van der Waals surface area contributed by atoms with Crippen molar-refractivity contribution in [3.8, 4) is 0 Å². The quantitative estimate of drug-likeness (QED) is 0.735. The van der Waals surface area contributed by atoms with E-state index in [-0.39, 0.29) is 12.2 Å². The number of nitrogens with one attached hydrogen (secondary N) is 1. The minimum absolute atomic E-state index is 0.0782. The van der Waals surface area contributed by atoms with E-state index < -0.39 is 17.8 Å². The lowest BCUT2D eigenvalue weighted by atomic mass is 10.3. The molecule has 1 aromatic heterocycles. The first-order chi connectivity index (χ1) is 6.61. The summed E-state index contributed by atoms with van der Waals surface area (Å²) in [6.45, 7) is 1.60. The molecule has 0 spiro atoms. The maximum atomic E-state index is 13.0. The normalized spacial score (nSPS) is 12.2. The van der Waals surface area contributed by atoms with Gasteiger partial charge in [-0.1, -0.05) is 0 Å². The Morgan fingerprint density at radius 3 is 3.07 bits per heavy atom. The van der Waals surface area contributed by atoms with Gasteiger partial charge in [0.25, 0.3) is 5.91 Å². The van der Waals surface area contributed by atoms with Crippen molar-refractivity contribution in [1.29, 1.82) is 0 Å². The molecule has 2 N–H and O–H groups in total. The van der Waals surface area contributed by atoms with Gasteiger partial charge in [0.15, 0.2) is 11.5 Å². The molecule has 4 nitrogen and oxygen atoms in total. The Morgan fingerprint density at radius 2 is 2.50 bits per heavy atom. The summed E-state index contributed by atoms with van der Waals surface area (Å²) >= 11 is 0. The number of rotatable bonds is 3. The maximum absolute atomic E-state index is 13.0. The van der Waals surface area contributed by atoms with Gasteiger partial charge in [-0.15, -0.1) is 0 Å². The molecular weight excluding hydrogens is 187 g/mol. The summed E-state index contributed by atoms with van der Waals surface area (Å²) in [5.41, 5.74) is -0.256. The van der Waals surface area contributed by atoms with Gasteiger partial charge in [-0.25, -0.2) is 9.37 Å². The number of aliphatic hydroxyl groups excluding tert-OH is 1. The van der Waals surface area contributed by atoms with Gasteiger partial charge in [0, 0.05) is 12.7 Å². The number of hydrogen-bond acceptors (Lipinski definition) is 3. The highest BCUT2D eigenvalue weighted by Gasteiger charge is 2.12. The molecule has 0 saturated heterocycles. The Morgan fingerprint density at radius 1 is 1.79 bits per heavy atom. The lowest BCUT2D eigenvalue weighted by Crippen LogP contribution is -2.31. The van der Waals surface area contributed by atoms with E-state index in [1.807, 2.05) is 0 Å². The zero-order valence-electron chi connectivity index (χ0n) is 7.70. The van der Waals surface area contributed by atoms with Crippen LogP contribution >= 0.6 is 0 Å². The first kappa shape index (κ1) is 10.6. The van der Waals surface area contributed by atoms with E-state index in [0.717, 1.165) is 6.07 Å². The molecule has 0 aliphatic rings. The van der Waals surface area contributed by atoms with Crippen LogP contribution in [0.1, 0.15) is 17.4 Å². The van der Waals surface area contributed by atoms with Crippen molar-refractivity contribution in [1.82, 2.24) is 10.3 Å². The molecule has 0 aliphatic heterocycles. The summed E-state index contributed by atoms with van der Waals surface area (Å²) in [6.07, 6.45) is 0.672. The molecular formula is C9H11FN2O2. The zero-order valence-corrected chi connectivity index (χ0v) is 7.70. The highest BCUT2D eigenvalue weighted by Crippen LogP contribution is 2.01. The van der Waals surface area contributed by atoms with Crippen LogP contribution in [0.25, 0.3) is 0 Å². The summed E-state index contributed by atoms with van der Waals surface area (Å²) in [4.78, 5) is 14.8. The molecule has 0 bridgehead atoms. The third kappa shape index (κ3) is 2.77. The Hall–Kier alpha value is -1.49. The van der Waals surface area contributed by atoms with Gasteiger partial charge in [-0.05, 0) is 19.1 Å². The minimum atomic E-state index is -0.671. The minimum Gasteiger partial charge on any atom is -0.392 e. The smallest absolute Gasteiger partial charge is 0.273 e. The van der Waals surface area contributed by atoms with Crippen molar-refractivity contribution >= 4 is 5.91 Å². The molecule has 0 saturated carbocycles. The van der Waals surface area contributed by atoms with E-state index in [1.165, 1.54) is 19.2 Å². The molecule has 76 valence electrons. The van der Waals surface area contributed by atoms with Crippen LogP contribution in [0.4, 0.5) is 4.39 Å². The monoisotopic (exact) mass is 198 g/mol. The van der Waals surface area contributed by atoms with Gasteiger partial charge in [0.05, 0.1) is 6.10 Å². The van der Waals surface area contributed by atoms with Crippen LogP contribution in [0, 0.1) is 5.82 Å². The second-order valence-corrected chi connectivity index (χ2v) is 2.89. The lowest BCUT2D eigenvalue weighted by Gasteiger charge is -2.06. The summed E-state index contributed by atoms with van der Waals surface area (Å²) in [5, 5.41) is 11.2. The van der Waals surface area contributed by atoms with E-state index in [0.29, 0.717) is 0 Å². The highest BCUT2D eigenvalue weighted by atomic mass is 19.1. The van der Waals surface area contributed by atoms with Crippen LogP contribution in [0.15, 0.2) is 18.3 Å². The van der Waals surface area contributed by atoms with Crippen molar-refractivity contribution in [2.45, 2.75) is 13.0 Å². The number of amides is 1. The number of carbonyl (C=O) groups excluding carboxylic acids is 1. The fraction of sp³-hybridized carbons (Fsp3) is 0.333. The molecule has 1 heterocycles. The lowest BCUT2D eigenvalue weighted by molar-refractivity contribution is 0.0914. The van der Waals surface area contributed by atoms with Gasteiger partial charge < -0.3 is 10.4 Å². The number of aromatic nitrogens is 1. The number of pyridine rings is 1. The zero-order chi connectivity index (χ0) is 10.6. The van der Waals surface area contributed by atoms with Gasteiger partial charge in [0.2, 0.25) is 0 Å². The number of carbonyl (C=O) groups is 1. The predicted octanol–water partition coefficient (Wildman–Crippen LogP) is 0.331. The molecule has 14 heavy (non-hydrogen) atoms. The van der Waals surface area contributed by atoms with E-state index in [9.17, 15) is 9.18 Å². The average molecular weight is 198 g/mol. The standard InChI is InChI=1S/C9H11FN2O2/c1-6(13)5-12-9(14)8-7(10)3-2-4-11-8/h2-4,6,13H,5H2,1H3,(H,12,14). The average Bonchev–Trinajstić information content (AvgIpc) is 2.15. The molecule has 1 amide bonds. The third-order valence-corrected chi connectivity index (χ3v) is 1.53. The summed E-state index contributed by atoms with van der Waals surface area (Å²) in [7, 11) is 0. The van der Waals surface area contributed by atoms with Crippen molar-refractivity contribution < 1.29 is 14.3 Å². The summed E-state index contributed by atoms with van der Waals surface area (Å²) < 4.78 is 13.0. The summed E-state index contributed by atoms with van der Waals surface area (Å²) in [5.74, 6) is -1.29. The number of aliphatic hydroxyl groups is 1. The molecule has 1 aromatic rings. The number of nitrogens with zero attached hydrogens (tertiary/aromatic N) is 1. The van der Waals surface area contributed by atoms with Crippen LogP contribution < -0.4 is 5.32 Å². The van der Waals surface area contributed by atoms with E-state index in [1.54, 1.807) is 0 Å². The van der Waals surface area contributed by atoms with E-state index in [2.05, 4.69) is 10.3 Å². The Bertz CT molecular complexity index is 328. The highest BCUT2D eigenvalue weighted by molar-refractivity contribution is 5.92. The van der Waals surface area contributed by atoms with Gasteiger partial charge >= 0.3 is 0 Å². The topological polar surface area (TPSA) is 62.2 Å². The number of hydrogen-bond donors (Lipinski definition) is 2. The summed E-state index contributed by atoms with van der Waals surface area (Å²) in [6, 6.07) is 2.56. The molecule has 1 unspecified atom stereocenters. The van der Waals surface area contributed by atoms with E-state index >= 15 is 0 Å². The van der Waals surface area contributed by atoms with Crippen LogP contribution in [0.3, 0.4) is 0 Å². The first-order valence-corrected chi connectivity index (χ1v) is 4.18. The molecule has 0 fully saturated rings. The van der Waals surface area contributed by atoms with Crippen molar-refractivity contribution in [3.63, 3.8) is 0 Å². The Kier molecular flexibility index (Phi) is 3.53. The van der Waals surface area contributed by atoms with Gasteiger partial charge in [-0.3, -0.25) is 4.79 Å². The van der Waals surface area contributed by atoms with Crippen LogP contribution in [-0.4, -0.2) is 28.6 Å². The molecule has 1 rings (SSSR count). The van der Waals surface area contributed by atoms with Crippen LogP contribution in [0.5, 0.6) is 0 Å². The number of halogens is 1. The van der Waals surface area contributed by atoms with Crippen molar-refractivity contribution in [2.24, 2.45) is 0 Å². The fourth-order valence-electron chi connectivity index (χ4n) is 0.877. The second kappa shape index (κ2) is 4.66. The maximum Gasteiger partial charge on any atom is 0.273 e. The second-order valence-electron chi connectivity index (χ2n) is 2.89. The third-order valence-electron chi connectivity index (χ3n) is 1.53. The first-order valence-electron chi connectivity index (χ1n) is 4.18. The van der Waals surface area contributed by atoms with Gasteiger partial charge in [-0.2, -0.15) is 0 Å². The predicted molar refractivity (Wildman–Crippen MR) is 48.2 cm³/mol.